The summed E-state index contributed by atoms with van der Waals surface area (Å²) in [6.07, 6.45) is 1.32. The van der Waals surface area contributed by atoms with E-state index >= 15 is 0 Å². The van der Waals surface area contributed by atoms with Crippen LogP contribution in [-0.4, -0.2) is 16.0 Å². The minimum Gasteiger partial charge on any atom is -0.456 e. The maximum absolute atomic E-state index is 14.0. The van der Waals surface area contributed by atoms with Crippen LogP contribution in [0.5, 0.6) is 23.1 Å². The van der Waals surface area contributed by atoms with Crippen LogP contribution in [0.2, 0.25) is 0 Å². The number of halogens is 3. The maximum atomic E-state index is 14.0. The molecular weight excluding hydrogens is 520 g/mol. The Morgan fingerprint density at radius 2 is 1.83 bits per heavy atom. The zero-order valence-corrected chi connectivity index (χ0v) is 19.8. The van der Waals surface area contributed by atoms with Crippen molar-refractivity contribution in [1.82, 2.24) is 10.2 Å². The molecule has 0 spiro atoms. The van der Waals surface area contributed by atoms with Gasteiger partial charge in [0, 0.05) is 12.5 Å². The van der Waals surface area contributed by atoms with Crippen molar-refractivity contribution in [2.24, 2.45) is 0 Å². The number of hydrogen-bond acceptors (Lipinski definition) is 6. The van der Waals surface area contributed by atoms with E-state index in [1.54, 1.807) is 30.3 Å². The highest BCUT2D eigenvalue weighted by atomic mass is 79.9. The van der Waals surface area contributed by atoms with E-state index in [1.165, 1.54) is 12.3 Å². The number of carbonyl (C=O) groups is 1. The van der Waals surface area contributed by atoms with E-state index in [2.05, 4.69) is 32.2 Å². The predicted octanol–water partition coefficient (Wildman–Crippen LogP) is 6.71. The molecule has 0 N–H and O–H groups in total. The number of ketones is 1. The number of Topliss-reactive ketones (excluding diaryl/α,β-unsaturated/α-hetero) is 1. The second-order valence-electron chi connectivity index (χ2n) is 7.54. The summed E-state index contributed by atoms with van der Waals surface area (Å²) in [4.78, 5) is 13.0. The first kappa shape index (κ1) is 24.0. The number of benzene rings is 3. The van der Waals surface area contributed by atoms with E-state index in [9.17, 15) is 13.6 Å². The summed E-state index contributed by atoms with van der Waals surface area (Å²) in [7, 11) is 0. The van der Waals surface area contributed by atoms with Gasteiger partial charge in [-0.05, 0) is 82.5 Å². The number of nitriles is 1. The van der Waals surface area contributed by atoms with Crippen molar-refractivity contribution in [2.75, 3.05) is 0 Å². The van der Waals surface area contributed by atoms with Gasteiger partial charge in [-0.1, -0.05) is 6.07 Å². The lowest BCUT2D eigenvalue weighted by Gasteiger charge is -2.11. The fourth-order valence-electron chi connectivity index (χ4n) is 3.28. The molecule has 0 fully saturated rings. The van der Waals surface area contributed by atoms with Crippen LogP contribution < -0.4 is 9.47 Å². The fourth-order valence-corrected chi connectivity index (χ4v) is 3.79. The summed E-state index contributed by atoms with van der Waals surface area (Å²) in [6.45, 7) is 1.87. The standard InChI is InChI=1S/C26H16BrF2N3O3/c1-15-8-17(14-30)10-19(9-15)34-24-4-2-16(11-21(24)27)12-23(33)20-6-7-31-32-26(20)35-25-5-3-18(28)13-22(25)29/h2-11,13H,12H2,1H3. The molecule has 0 atom stereocenters. The number of aromatic nitrogens is 2. The Balaban J connectivity index is 1.51. The van der Waals surface area contributed by atoms with E-state index < -0.39 is 11.6 Å². The summed E-state index contributed by atoms with van der Waals surface area (Å²) in [5.74, 6) is -1.45. The molecule has 0 radical (unpaired) electrons. The Labute approximate surface area is 207 Å². The summed E-state index contributed by atoms with van der Waals surface area (Å²) in [5.41, 5.74) is 2.15. The molecule has 9 heteroatoms. The van der Waals surface area contributed by atoms with Gasteiger partial charge >= 0.3 is 0 Å². The highest BCUT2D eigenvalue weighted by Gasteiger charge is 2.18. The van der Waals surface area contributed by atoms with E-state index in [0.717, 1.165) is 17.7 Å². The monoisotopic (exact) mass is 535 g/mol. The maximum Gasteiger partial charge on any atom is 0.249 e. The molecule has 0 aliphatic carbocycles. The molecule has 0 amide bonds. The zero-order chi connectivity index (χ0) is 24.9. The van der Waals surface area contributed by atoms with Gasteiger partial charge in [0.1, 0.15) is 17.3 Å². The lowest BCUT2D eigenvalue weighted by Crippen LogP contribution is -2.08. The normalized spacial score (nSPS) is 10.5. The van der Waals surface area contributed by atoms with Gasteiger partial charge in [-0.2, -0.15) is 10.4 Å². The molecule has 0 aliphatic rings. The Hall–Kier alpha value is -4.16. The summed E-state index contributed by atoms with van der Waals surface area (Å²) < 4.78 is 39.1. The first-order valence-corrected chi connectivity index (χ1v) is 11.1. The van der Waals surface area contributed by atoms with Gasteiger partial charge in [0.05, 0.1) is 27.9 Å². The molecule has 0 unspecified atom stereocenters. The molecule has 1 aromatic heterocycles. The molecular formula is C26H16BrF2N3O3. The van der Waals surface area contributed by atoms with Crippen molar-refractivity contribution >= 4 is 21.7 Å². The highest BCUT2D eigenvalue weighted by Crippen LogP contribution is 2.32. The summed E-state index contributed by atoms with van der Waals surface area (Å²) in [5, 5.41) is 16.6. The van der Waals surface area contributed by atoms with Crippen LogP contribution in [0, 0.1) is 29.9 Å². The van der Waals surface area contributed by atoms with E-state index in [1.807, 2.05) is 13.0 Å². The molecule has 4 rings (SSSR count). The number of ether oxygens (including phenoxy) is 2. The molecule has 4 aromatic rings. The second-order valence-corrected chi connectivity index (χ2v) is 8.39. The lowest BCUT2D eigenvalue weighted by atomic mass is 10.0. The number of rotatable bonds is 7. The molecule has 0 bridgehead atoms. The smallest absolute Gasteiger partial charge is 0.249 e. The molecule has 0 saturated carbocycles. The van der Waals surface area contributed by atoms with Crippen molar-refractivity contribution in [3.8, 4) is 29.2 Å². The summed E-state index contributed by atoms with van der Waals surface area (Å²) in [6, 6.07) is 16.7. The Morgan fingerprint density at radius 1 is 1.03 bits per heavy atom. The van der Waals surface area contributed by atoms with Crippen LogP contribution >= 0.6 is 15.9 Å². The van der Waals surface area contributed by atoms with Crippen LogP contribution in [0.15, 0.2) is 71.3 Å². The summed E-state index contributed by atoms with van der Waals surface area (Å²) >= 11 is 3.46. The van der Waals surface area contributed by atoms with Crippen LogP contribution in [0.4, 0.5) is 8.78 Å². The van der Waals surface area contributed by atoms with E-state index in [0.29, 0.717) is 33.2 Å². The van der Waals surface area contributed by atoms with Crippen molar-refractivity contribution in [2.45, 2.75) is 13.3 Å². The molecule has 3 aromatic carbocycles. The second kappa shape index (κ2) is 10.4. The van der Waals surface area contributed by atoms with Gasteiger partial charge in [0.15, 0.2) is 17.3 Å². The fraction of sp³-hybridized carbons (Fsp3) is 0.0769. The number of nitrogens with zero attached hydrogens (tertiary/aromatic N) is 3. The predicted molar refractivity (Wildman–Crippen MR) is 127 cm³/mol. The van der Waals surface area contributed by atoms with Crippen molar-refractivity contribution in [3.63, 3.8) is 0 Å². The molecule has 174 valence electrons. The van der Waals surface area contributed by atoms with E-state index in [4.69, 9.17) is 14.7 Å². The number of hydrogen-bond donors (Lipinski definition) is 0. The molecule has 0 saturated heterocycles. The van der Waals surface area contributed by atoms with Gasteiger partial charge in [-0.25, -0.2) is 8.78 Å². The van der Waals surface area contributed by atoms with E-state index in [-0.39, 0.29) is 29.4 Å². The molecule has 35 heavy (non-hydrogen) atoms. The topological polar surface area (TPSA) is 85.1 Å². The largest absolute Gasteiger partial charge is 0.456 e. The third kappa shape index (κ3) is 5.86. The SMILES string of the molecule is Cc1cc(C#N)cc(Oc2ccc(CC(=O)c3ccnnc3Oc3ccc(F)cc3F)cc2Br)c1. The average Bonchev–Trinajstić information content (AvgIpc) is 2.82. The molecule has 6 nitrogen and oxygen atoms in total. The Morgan fingerprint density at radius 3 is 2.57 bits per heavy atom. The number of aryl methyl sites for hydroxylation is 1. The van der Waals surface area contributed by atoms with Gasteiger partial charge < -0.3 is 9.47 Å². The van der Waals surface area contributed by atoms with Gasteiger partial charge in [-0.15, -0.1) is 5.10 Å². The van der Waals surface area contributed by atoms with Crippen LogP contribution in [0.25, 0.3) is 0 Å². The van der Waals surface area contributed by atoms with Crippen LogP contribution in [-0.2, 0) is 6.42 Å². The molecule has 1 heterocycles. The van der Waals surface area contributed by atoms with Crippen LogP contribution in [0.1, 0.15) is 27.0 Å². The lowest BCUT2D eigenvalue weighted by molar-refractivity contribution is 0.0989. The first-order chi connectivity index (χ1) is 16.8. The Kier molecular flexibility index (Phi) is 7.13. The quantitative estimate of drug-likeness (QED) is 0.244. The van der Waals surface area contributed by atoms with Gasteiger partial charge in [0.2, 0.25) is 5.88 Å². The van der Waals surface area contributed by atoms with Gasteiger partial charge in [0.25, 0.3) is 0 Å². The van der Waals surface area contributed by atoms with Crippen molar-refractivity contribution in [3.05, 3.63) is 105 Å². The van der Waals surface area contributed by atoms with Crippen LogP contribution in [0.3, 0.4) is 0 Å². The van der Waals surface area contributed by atoms with Gasteiger partial charge in [-0.3, -0.25) is 4.79 Å². The van der Waals surface area contributed by atoms with Crippen molar-refractivity contribution in [1.29, 1.82) is 5.26 Å². The molecule has 0 aliphatic heterocycles. The first-order valence-electron chi connectivity index (χ1n) is 10.3. The third-order valence-corrected chi connectivity index (χ3v) is 5.48. The van der Waals surface area contributed by atoms with Crippen molar-refractivity contribution < 1.29 is 23.0 Å². The highest BCUT2D eigenvalue weighted by molar-refractivity contribution is 9.10. The third-order valence-electron chi connectivity index (χ3n) is 4.86. The zero-order valence-electron chi connectivity index (χ0n) is 18.3. The Bertz CT molecular complexity index is 1470. The minimum absolute atomic E-state index is 0.00411. The average molecular weight is 536 g/mol. The number of carbonyl (C=O) groups excluding carboxylic acids is 1. The minimum atomic E-state index is -0.927.